The van der Waals surface area contributed by atoms with E-state index in [1.54, 1.807) is 6.20 Å². The minimum Gasteiger partial charge on any atom is -0.344 e. The number of carbonyl (C=O) groups excluding carboxylic acids is 1. The Morgan fingerprint density at radius 2 is 1.86 bits per heavy atom. The summed E-state index contributed by atoms with van der Waals surface area (Å²) in [5, 5.41) is 3.11. The van der Waals surface area contributed by atoms with Crippen LogP contribution in [0.15, 0.2) is 36.7 Å². The lowest BCUT2D eigenvalue weighted by Gasteiger charge is -2.18. The van der Waals surface area contributed by atoms with Gasteiger partial charge in [0.25, 0.3) is 5.91 Å². The van der Waals surface area contributed by atoms with Gasteiger partial charge in [-0.2, -0.15) is 0 Å². The highest BCUT2D eigenvalue weighted by atomic mass is 16.1. The summed E-state index contributed by atoms with van der Waals surface area (Å²) in [6.45, 7) is 3.92. The highest BCUT2D eigenvalue weighted by Gasteiger charge is 2.33. The van der Waals surface area contributed by atoms with Gasteiger partial charge in [-0.15, -0.1) is 0 Å². The lowest BCUT2D eigenvalue weighted by atomic mass is 10.0. The first-order chi connectivity index (χ1) is 10.1. The smallest absolute Gasteiger partial charge is 0.271 e. The summed E-state index contributed by atoms with van der Waals surface area (Å²) >= 11 is 0. The van der Waals surface area contributed by atoms with Gasteiger partial charge in [0.05, 0.1) is 17.9 Å². The molecule has 1 aliphatic carbocycles. The zero-order valence-corrected chi connectivity index (χ0v) is 12.3. The topological polar surface area (TPSA) is 54.9 Å². The van der Waals surface area contributed by atoms with Gasteiger partial charge in [-0.05, 0) is 38.2 Å². The second-order valence-corrected chi connectivity index (χ2v) is 5.74. The predicted molar refractivity (Wildman–Crippen MR) is 80.9 cm³/mol. The van der Waals surface area contributed by atoms with Crippen LogP contribution >= 0.6 is 0 Å². The number of nitrogens with zero attached hydrogens (tertiary/aromatic N) is 2. The van der Waals surface area contributed by atoms with Crippen LogP contribution in [-0.4, -0.2) is 15.9 Å². The number of amides is 1. The zero-order chi connectivity index (χ0) is 14.8. The van der Waals surface area contributed by atoms with E-state index in [9.17, 15) is 4.79 Å². The summed E-state index contributed by atoms with van der Waals surface area (Å²) in [6.07, 6.45) is 5.48. The Bertz CT molecular complexity index is 630. The molecule has 108 valence electrons. The highest BCUT2D eigenvalue weighted by molar-refractivity contribution is 5.92. The van der Waals surface area contributed by atoms with Crippen molar-refractivity contribution in [3.8, 4) is 0 Å². The average Bonchev–Trinajstić information content (AvgIpc) is 3.31. The average molecular weight is 281 g/mol. The van der Waals surface area contributed by atoms with Crippen molar-refractivity contribution in [2.75, 3.05) is 0 Å². The third-order valence-electron chi connectivity index (χ3n) is 3.83. The van der Waals surface area contributed by atoms with Crippen LogP contribution in [0.5, 0.6) is 0 Å². The van der Waals surface area contributed by atoms with Crippen LogP contribution in [-0.2, 0) is 0 Å². The normalized spacial score (nSPS) is 15.5. The van der Waals surface area contributed by atoms with E-state index in [1.165, 1.54) is 24.6 Å². The van der Waals surface area contributed by atoms with Crippen molar-refractivity contribution in [1.29, 1.82) is 0 Å². The fourth-order valence-corrected chi connectivity index (χ4v) is 2.40. The second kappa shape index (κ2) is 5.64. The van der Waals surface area contributed by atoms with Crippen LogP contribution in [0.25, 0.3) is 0 Å². The highest BCUT2D eigenvalue weighted by Crippen LogP contribution is 2.41. The van der Waals surface area contributed by atoms with E-state index in [-0.39, 0.29) is 11.9 Å². The summed E-state index contributed by atoms with van der Waals surface area (Å²) in [7, 11) is 0. The summed E-state index contributed by atoms with van der Waals surface area (Å²) in [5.74, 6) is 0.384. The van der Waals surface area contributed by atoms with Crippen molar-refractivity contribution >= 4 is 5.91 Å². The van der Waals surface area contributed by atoms with Gasteiger partial charge in [0.15, 0.2) is 0 Å². The first-order valence-electron chi connectivity index (χ1n) is 7.29. The van der Waals surface area contributed by atoms with E-state index >= 15 is 0 Å². The van der Waals surface area contributed by atoms with Crippen LogP contribution in [0.1, 0.15) is 46.2 Å². The van der Waals surface area contributed by atoms with Crippen LogP contribution in [0, 0.1) is 19.8 Å². The number of rotatable bonds is 4. The van der Waals surface area contributed by atoms with Gasteiger partial charge in [0, 0.05) is 6.20 Å². The number of aromatic nitrogens is 2. The number of hydrogen-bond donors (Lipinski definition) is 1. The number of benzene rings is 1. The predicted octanol–water partition coefficient (Wildman–Crippen LogP) is 2.97. The molecule has 0 bridgehead atoms. The van der Waals surface area contributed by atoms with Crippen molar-refractivity contribution in [1.82, 2.24) is 15.3 Å². The van der Waals surface area contributed by atoms with E-state index in [4.69, 9.17) is 0 Å². The summed E-state index contributed by atoms with van der Waals surface area (Å²) in [4.78, 5) is 20.6. The van der Waals surface area contributed by atoms with E-state index in [0.717, 1.165) is 11.3 Å². The molecule has 0 aliphatic heterocycles. The van der Waals surface area contributed by atoms with Gasteiger partial charge in [0.2, 0.25) is 0 Å². The van der Waals surface area contributed by atoms with Gasteiger partial charge in [-0.25, -0.2) is 4.98 Å². The SMILES string of the molecule is Cc1ccc(C(NC(=O)c2cnc(C)cn2)C2CC2)cc1. The number of carbonyl (C=O) groups is 1. The fourth-order valence-electron chi connectivity index (χ4n) is 2.40. The molecule has 21 heavy (non-hydrogen) atoms. The Balaban J connectivity index is 1.77. The minimum absolute atomic E-state index is 0.0706. The van der Waals surface area contributed by atoms with Gasteiger partial charge < -0.3 is 5.32 Å². The molecule has 1 aromatic carbocycles. The summed E-state index contributed by atoms with van der Waals surface area (Å²) < 4.78 is 0. The maximum Gasteiger partial charge on any atom is 0.271 e. The van der Waals surface area contributed by atoms with Gasteiger partial charge in [-0.1, -0.05) is 29.8 Å². The van der Waals surface area contributed by atoms with E-state index in [1.807, 2.05) is 6.92 Å². The monoisotopic (exact) mass is 281 g/mol. The van der Waals surface area contributed by atoms with Crippen molar-refractivity contribution < 1.29 is 4.79 Å². The molecule has 1 atom stereocenters. The molecule has 4 heteroatoms. The van der Waals surface area contributed by atoms with E-state index in [0.29, 0.717) is 11.6 Å². The van der Waals surface area contributed by atoms with E-state index < -0.39 is 0 Å². The maximum absolute atomic E-state index is 12.3. The molecule has 4 nitrogen and oxygen atoms in total. The Hall–Kier alpha value is -2.23. The molecule has 1 unspecified atom stereocenters. The Labute approximate surface area is 124 Å². The zero-order valence-electron chi connectivity index (χ0n) is 12.3. The number of nitrogens with one attached hydrogen (secondary N) is 1. The molecule has 1 aliphatic rings. The third kappa shape index (κ3) is 3.27. The Morgan fingerprint density at radius 1 is 1.14 bits per heavy atom. The number of hydrogen-bond acceptors (Lipinski definition) is 3. The van der Waals surface area contributed by atoms with Crippen LogP contribution in [0.3, 0.4) is 0 Å². The molecule has 0 spiro atoms. The van der Waals surface area contributed by atoms with Crippen molar-refractivity contribution in [3.05, 3.63) is 59.2 Å². The van der Waals surface area contributed by atoms with Gasteiger partial charge >= 0.3 is 0 Å². The van der Waals surface area contributed by atoms with Gasteiger partial charge in [-0.3, -0.25) is 9.78 Å². The van der Waals surface area contributed by atoms with E-state index in [2.05, 4.69) is 46.5 Å². The summed E-state index contributed by atoms with van der Waals surface area (Å²) in [6, 6.07) is 8.44. The first-order valence-corrected chi connectivity index (χ1v) is 7.29. The molecule has 0 saturated heterocycles. The first kappa shape index (κ1) is 13.7. The molecule has 1 fully saturated rings. The molecule has 2 aromatic rings. The largest absolute Gasteiger partial charge is 0.344 e. The molecule has 1 amide bonds. The van der Waals surface area contributed by atoms with Gasteiger partial charge in [0.1, 0.15) is 5.69 Å². The van der Waals surface area contributed by atoms with Crippen molar-refractivity contribution in [2.24, 2.45) is 5.92 Å². The molecule has 1 saturated carbocycles. The minimum atomic E-state index is -0.153. The number of aryl methyl sites for hydroxylation is 2. The Morgan fingerprint density at radius 3 is 2.43 bits per heavy atom. The summed E-state index contributed by atoms with van der Waals surface area (Å²) in [5.41, 5.74) is 3.57. The van der Waals surface area contributed by atoms with Crippen molar-refractivity contribution in [2.45, 2.75) is 32.7 Å². The quantitative estimate of drug-likeness (QED) is 0.937. The molecule has 3 rings (SSSR count). The van der Waals surface area contributed by atoms with Crippen LogP contribution in [0.4, 0.5) is 0 Å². The standard InChI is InChI=1S/C17H19N3O/c1-11-3-5-13(6-4-11)16(14-7-8-14)20-17(21)15-10-18-12(2)9-19-15/h3-6,9-10,14,16H,7-8H2,1-2H3,(H,20,21). The second-order valence-electron chi connectivity index (χ2n) is 5.74. The molecule has 1 aromatic heterocycles. The maximum atomic E-state index is 12.3. The lowest BCUT2D eigenvalue weighted by molar-refractivity contribution is 0.0926. The Kier molecular flexibility index (Phi) is 3.69. The molecule has 1 N–H and O–H groups in total. The van der Waals surface area contributed by atoms with Crippen molar-refractivity contribution in [3.63, 3.8) is 0 Å². The molecule has 0 radical (unpaired) electrons. The van der Waals surface area contributed by atoms with Crippen LogP contribution in [0.2, 0.25) is 0 Å². The lowest BCUT2D eigenvalue weighted by Crippen LogP contribution is -2.30. The molecule has 1 heterocycles. The fraction of sp³-hybridized carbons (Fsp3) is 0.353. The van der Waals surface area contributed by atoms with Crippen LogP contribution < -0.4 is 5.32 Å². The third-order valence-corrected chi connectivity index (χ3v) is 3.83. The molecular weight excluding hydrogens is 262 g/mol. The molecular formula is C17H19N3O.